The van der Waals surface area contributed by atoms with Gasteiger partial charge in [0.2, 0.25) is 17.7 Å². The van der Waals surface area contributed by atoms with E-state index >= 15 is 0 Å². The highest BCUT2D eigenvalue weighted by atomic mass is 16.5. The number of nitrogens with zero attached hydrogens (tertiary/aromatic N) is 3. The fourth-order valence-corrected chi connectivity index (χ4v) is 1.99. The van der Waals surface area contributed by atoms with Crippen molar-refractivity contribution in [3.63, 3.8) is 0 Å². The highest BCUT2D eigenvalue weighted by Gasteiger charge is 2.62. The molecule has 0 bridgehead atoms. The Kier molecular flexibility index (Phi) is 2.04. The summed E-state index contributed by atoms with van der Waals surface area (Å²) in [6.45, 7) is 1.53. The maximum atomic E-state index is 12.1. The van der Waals surface area contributed by atoms with E-state index in [-0.39, 0.29) is 12.4 Å². The highest BCUT2D eigenvalue weighted by Crippen LogP contribution is 2.49. The maximum Gasteiger partial charge on any atom is 0.331 e. The van der Waals surface area contributed by atoms with Crippen LogP contribution in [0.25, 0.3) is 0 Å². The maximum absolute atomic E-state index is 12.1. The molecule has 18 heavy (non-hydrogen) atoms. The fourth-order valence-electron chi connectivity index (χ4n) is 1.99. The zero-order valence-electron chi connectivity index (χ0n) is 9.60. The third kappa shape index (κ3) is 1.41. The number of rotatable bonds is 2. The smallest absolute Gasteiger partial charge is 0.331 e. The number of urea groups is 1. The second-order valence-electron chi connectivity index (χ2n) is 4.46. The van der Waals surface area contributed by atoms with Gasteiger partial charge in [0, 0.05) is 6.92 Å². The van der Waals surface area contributed by atoms with Gasteiger partial charge in [-0.1, -0.05) is 5.16 Å². The third-order valence-corrected chi connectivity index (χ3v) is 3.17. The lowest BCUT2D eigenvalue weighted by molar-refractivity contribution is -0.145. The molecule has 0 radical (unpaired) electrons. The normalized spacial score (nSPS) is 21.4. The van der Waals surface area contributed by atoms with Crippen LogP contribution in [0.3, 0.4) is 0 Å². The summed E-state index contributed by atoms with van der Waals surface area (Å²) in [4.78, 5) is 40.2. The number of barbiturate groups is 1. The van der Waals surface area contributed by atoms with Gasteiger partial charge in [-0.05, 0) is 12.8 Å². The van der Waals surface area contributed by atoms with Gasteiger partial charge in [-0.3, -0.25) is 19.8 Å². The number of nitrogens with one attached hydrogen (secondary N) is 1. The molecule has 1 saturated heterocycles. The summed E-state index contributed by atoms with van der Waals surface area (Å²) in [6.07, 6.45) is 0.958. The van der Waals surface area contributed by atoms with Crippen LogP contribution in [0.4, 0.5) is 4.79 Å². The number of aromatic nitrogens is 2. The van der Waals surface area contributed by atoms with Crippen LogP contribution in [-0.2, 0) is 16.1 Å². The van der Waals surface area contributed by atoms with E-state index < -0.39 is 23.3 Å². The zero-order chi connectivity index (χ0) is 12.9. The molecule has 94 valence electrons. The largest absolute Gasteiger partial charge is 0.340 e. The van der Waals surface area contributed by atoms with Crippen molar-refractivity contribution in [3.8, 4) is 0 Å². The molecule has 2 fully saturated rings. The van der Waals surface area contributed by atoms with Crippen LogP contribution in [0.5, 0.6) is 0 Å². The molecule has 1 spiro atoms. The first-order chi connectivity index (χ1) is 8.53. The third-order valence-electron chi connectivity index (χ3n) is 3.17. The average Bonchev–Trinajstić information content (AvgIpc) is 3.02. The van der Waals surface area contributed by atoms with Crippen LogP contribution in [0, 0.1) is 12.3 Å². The molecule has 4 amide bonds. The molecule has 1 aromatic rings. The van der Waals surface area contributed by atoms with Crippen molar-refractivity contribution < 1.29 is 18.9 Å². The number of imide groups is 2. The Bertz CT molecular complexity index is 560. The predicted octanol–water partition coefficient (Wildman–Crippen LogP) is -0.263. The molecule has 2 heterocycles. The summed E-state index contributed by atoms with van der Waals surface area (Å²) in [6, 6.07) is -0.732. The van der Waals surface area contributed by atoms with Crippen molar-refractivity contribution in [2.45, 2.75) is 26.3 Å². The van der Waals surface area contributed by atoms with Crippen LogP contribution < -0.4 is 5.32 Å². The van der Waals surface area contributed by atoms with Crippen LogP contribution in [0.1, 0.15) is 24.6 Å². The molecule has 1 aliphatic carbocycles. The Morgan fingerprint density at radius 1 is 1.39 bits per heavy atom. The molecule has 8 nitrogen and oxygen atoms in total. The van der Waals surface area contributed by atoms with E-state index in [9.17, 15) is 14.4 Å². The molecular weight excluding hydrogens is 240 g/mol. The number of carbonyl (C=O) groups is 3. The van der Waals surface area contributed by atoms with Gasteiger partial charge in [-0.25, -0.2) is 4.79 Å². The van der Waals surface area contributed by atoms with Gasteiger partial charge in [-0.15, -0.1) is 0 Å². The van der Waals surface area contributed by atoms with Gasteiger partial charge >= 0.3 is 6.03 Å². The average molecular weight is 250 g/mol. The van der Waals surface area contributed by atoms with Crippen molar-refractivity contribution in [1.29, 1.82) is 0 Å². The fraction of sp³-hybridized carbons (Fsp3) is 0.500. The summed E-state index contributed by atoms with van der Waals surface area (Å²) in [7, 11) is 0. The first-order valence-electron chi connectivity index (χ1n) is 5.49. The zero-order valence-corrected chi connectivity index (χ0v) is 9.60. The van der Waals surface area contributed by atoms with Gasteiger partial charge in [-0.2, -0.15) is 4.98 Å². The lowest BCUT2D eigenvalue weighted by atomic mass is 10.0. The molecule has 8 heteroatoms. The van der Waals surface area contributed by atoms with E-state index in [2.05, 4.69) is 15.5 Å². The number of hydrogen-bond acceptors (Lipinski definition) is 6. The monoisotopic (exact) mass is 250 g/mol. The Labute approximate surface area is 101 Å². The molecule has 0 atom stereocenters. The minimum Gasteiger partial charge on any atom is -0.340 e. The van der Waals surface area contributed by atoms with E-state index in [0.717, 1.165) is 4.90 Å². The number of amides is 4. The Morgan fingerprint density at radius 3 is 2.67 bits per heavy atom. The highest BCUT2D eigenvalue weighted by molar-refractivity contribution is 6.20. The van der Waals surface area contributed by atoms with Crippen molar-refractivity contribution in [3.05, 3.63) is 11.7 Å². The van der Waals surface area contributed by atoms with Gasteiger partial charge in [0.1, 0.15) is 5.41 Å². The van der Waals surface area contributed by atoms with Crippen LogP contribution in [0.15, 0.2) is 4.52 Å². The second kappa shape index (κ2) is 3.37. The molecule has 0 aromatic carbocycles. The van der Waals surface area contributed by atoms with Crippen molar-refractivity contribution >= 4 is 17.8 Å². The van der Waals surface area contributed by atoms with Gasteiger partial charge in [0.25, 0.3) is 0 Å². The lowest BCUT2D eigenvalue weighted by Crippen LogP contribution is -2.58. The molecule has 3 rings (SSSR count). The molecule has 1 aliphatic heterocycles. The summed E-state index contributed by atoms with van der Waals surface area (Å²) < 4.78 is 4.77. The molecule has 1 aromatic heterocycles. The number of carbonyl (C=O) groups excluding carboxylic acids is 3. The lowest BCUT2D eigenvalue weighted by Gasteiger charge is -2.29. The minimum atomic E-state index is -1.04. The Balaban J connectivity index is 1.85. The number of hydrogen-bond donors (Lipinski definition) is 1. The van der Waals surface area contributed by atoms with E-state index in [4.69, 9.17) is 4.52 Å². The minimum absolute atomic E-state index is 0.0863. The number of aryl methyl sites for hydroxylation is 1. The van der Waals surface area contributed by atoms with Gasteiger partial charge in [0.15, 0.2) is 5.82 Å². The van der Waals surface area contributed by atoms with Gasteiger partial charge in [0.05, 0.1) is 6.54 Å². The van der Waals surface area contributed by atoms with Crippen molar-refractivity contribution in [1.82, 2.24) is 20.4 Å². The van der Waals surface area contributed by atoms with Crippen molar-refractivity contribution in [2.24, 2.45) is 5.41 Å². The summed E-state index contributed by atoms with van der Waals surface area (Å²) in [5.41, 5.74) is -1.04. The van der Waals surface area contributed by atoms with Crippen molar-refractivity contribution in [2.75, 3.05) is 0 Å². The molecule has 1 saturated carbocycles. The molecule has 0 unspecified atom stereocenters. The Hall–Kier alpha value is -2.25. The first kappa shape index (κ1) is 10.9. The Morgan fingerprint density at radius 2 is 2.11 bits per heavy atom. The summed E-state index contributed by atoms with van der Waals surface area (Å²) in [5.74, 6) is -0.384. The summed E-state index contributed by atoms with van der Waals surface area (Å²) >= 11 is 0. The van der Waals surface area contributed by atoms with E-state index in [1.165, 1.54) is 0 Å². The second-order valence-corrected chi connectivity index (χ2v) is 4.46. The van der Waals surface area contributed by atoms with Gasteiger partial charge < -0.3 is 4.52 Å². The SMILES string of the molecule is Cc1nc(CN2C(=O)NC(=O)C3(CC3)C2=O)no1. The molecule has 1 N–H and O–H groups in total. The molecular formula is C10H10N4O4. The van der Waals surface area contributed by atoms with Crippen LogP contribution in [0.2, 0.25) is 0 Å². The standard InChI is InChI=1S/C10H10N4O4/c1-5-11-6(13-18-5)4-14-8(16)10(2-3-10)7(15)12-9(14)17/h2-4H2,1H3,(H,12,15,17). The van der Waals surface area contributed by atoms with Crippen LogP contribution >= 0.6 is 0 Å². The van der Waals surface area contributed by atoms with Crippen LogP contribution in [-0.4, -0.2) is 32.9 Å². The first-order valence-corrected chi connectivity index (χ1v) is 5.49. The molecule has 2 aliphatic rings. The predicted molar refractivity (Wildman–Crippen MR) is 54.8 cm³/mol. The topological polar surface area (TPSA) is 105 Å². The van der Waals surface area contributed by atoms with E-state index in [0.29, 0.717) is 18.7 Å². The summed E-state index contributed by atoms with van der Waals surface area (Å²) in [5, 5.41) is 5.80. The quantitative estimate of drug-likeness (QED) is 0.725. The van der Waals surface area contributed by atoms with E-state index in [1.54, 1.807) is 6.92 Å². The van der Waals surface area contributed by atoms with E-state index in [1.807, 2.05) is 0 Å².